The van der Waals surface area contributed by atoms with Crippen LogP contribution in [0, 0.1) is 20.8 Å². The first-order valence-electron chi connectivity index (χ1n) is 4.04. The molecule has 0 spiro atoms. The first-order chi connectivity index (χ1) is 6.38. The second-order valence-electron chi connectivity index (χ2n) is 3.27. The van der Waals surface area contributed by atoms with Gasteiger partial charge < -0.3 is 4.24 Å². The molecule has 0 N–H and O–H groups in total. The predicted octanol–water partition coefficient (Wildman–Crippen LogP) is -0.168. The smallest absolute Gasteiger partial charge is 0.458 e. The van der Waals surface area contributed by atoms with Crippen LogP contribution >= 0.6 is 11.8 Å². The number of benzene rings is 1. The van der Waals surface area contributed by atoms with Crippen molar-refractivity contribution < 1.29 is 38.0 Å². The third kappa shape index (κ3) is 3.44. The Kier molecular flexibility index (Phi) is 5.82. The number of halogens is 1. The molecule has 0 saturated heterocycles. The van der Waals surface area contributed by atoms with Gasteiger partial charge in [-0.1, -0.05) is 17.7 Å². The summed E-state index contributed by atoms with van der Waals surface area (Å²) in [5, 5.41) is 0. The largest absolute Gasteiger partial charge is 1.00 e. The van der Waals surface area contributed by atoms with Crippen LogP contribution in [0.2, 0.25) is 0 Å². The van der Waals surface area contributed by atoms with Gasteiger partial charge in [-0.05, 0) is 31.9 Å². The van der Waals surface area contributed by atoms with Gasteiger partial charge in [-0.2, -0.15) is 0 Å². The monoisotopic (exact) mass is 255 g/mol. The second kappa shape index (κ2) is 5.66. The summed E-state index contributed by atoms with van der Waals surface area (Å²) in [4.78, 5) is 0.207. The molecule has 0 bridgehead atoms. The molecule has 0 aromatic heterocycles. The van der Waals surface area contributed by atoms with E-state index in [-0.39, 0.29) is 34.5 Å². The van der Waals surface area contributed by atoms with Crippen molar-refractivity contribution >= 4 is 21.8 Å². The maximum Gasteiger partial charge on any atom is 1.00 e. The Morgan fingerprint density at radius 3 is 1.87 bits per heavy atom. The molecule has 15 heavy (non-hydrogen) atoms. The summed E-state index contributed by atoms with van der Waals surface area (Å²) in [6, 6.07) is 3.59. The molecule has 0 saturated carbocycles. The van der Waals surface area contributed by atoms with Crippen molar-refractivity contribution in [2.75, 3.05) is 0 Å². The standard InChI is InChI=1S/C9H11ClNO2S.Na/c1-6-4-7(2)9(8(3)5-6)14(12,13)11-10;/h4-5H,1-3H3;/q-1;+1. The molecule has 0 fully saturated rings. The number of nitrogens with zero attached hydrogens (tertiary/aromatic N) is 1. The third-order valence-electron chi connectivity index (χ3n) is 1.95. The molecule has 1 rings (SSSR count). The van der Waals surface area contributed by atoms with E-state index in [1.807, 2.05) is 6.92 Å². The van der Waals surface area contributed by atoms with E-state index in [2.05, 4.69) is 4.24 Å². The van der Waals surface area contributed by atoms with E-state index in [9.17, 15) is 8.42 Å². The number of hydrogen-bond acceptors (Lipinski definition) is 2. The van der Waals surface area contributed by atoms with Gasteiger partial charge in [-0.3, -0.25) is 11.8 Å². The minimum Gasteiger partial charge on any atom is -0.458 e. The summed E-state index contributed by atoms with van der Waals surface area (Å²) < 4.78 is 25.8. The third-order valence-corrected chi connectivity index (χ3v) is 3.84. The van der Waals surface area contributed by atoms with Gasteiger partial charge in [0.05, 0.1) is 4.90 Å². The van der Waals surface area contributed by atoms with E-state index in [4.69, 9.17) is 11.8 Å². The predicted molar refractivity (Wildman–Crippen MR) is 57.1 cm³/mol. The zero-order chi connectivity index (χ0) is 10.9. The number of sulfonamides is 1. The Balaban J connectivity index is 0.00000196. The number of hydrogen-bond donors (Lipinski definition) is 0. The molecule has 0 unspecified atom stereocenters. The van der Waals surface area contributed by atoms with Crippen molar-refractivity contribution in [1.82, 2.24) is 0 Å². The Morgan fingerprint density at radius 2 is 1.53 bits per heavy atom. The van der Waals surface area contributed by atoms with E-state index >= 15 is 0 Å². The van der Waals surface area contributed by atoms with E-state index in [1.54, 1.807) is 26.0 Å². The fraction of sp³-hybridized carbons (Fsp3) is 0.333. The molecular weight excluding hydrogens is 245 g/mol. The fourth-order valence-electron chi connectivity index (χ4n) is 1.61. The molecule has 0 aliphatic heterocycles. The van der Waals surface area contributed by atoms with Crippen LogP contribution in [-0.4, -0.2) is 8.42 Å². The van der Waals surface area contributed by atoms with Crippen LogP contribution in [0.3, 0.4) is 0 Å². The van der Waals surface area contributed by atoms with E-state index in [1.165, 1.54) is 0 Å². The molecule has 0 aliphatic rings. The molecular formula is C9H11ClNNaO2S. The summed E-state index contributed by atoms with van der Waals surface area (Å²) in [7, 11) is -3.69. The molecule has 0 aliphatic carbocycles. The Hall–Kier alpha value is 0.420. The van der Waals surface area contributed by atoms with Crippen LogP contribution in [0.25, 0.3) is 4.24 Å². The Bertz CT molecular complexity index is 436. The minimum atomic E-state index is -3.69. The van der Waals surface area contributed by atoms with Crippen LogP contribution in [0.5, 0.6) is 0 Å². The van der Waals surface area contributed by atoms with Crippen LogP contribution < -0.4 is 29.6 Å². The first kappa shape index (κ1) is 15.4. The molecule has 3 nitrogen and oxygen atoms in total. The quantitative estimate of drug-likeness (QED) is 0.689. The van der Waals surface area contributed by atoms with Crippen LogP contribution in [0.4, 0.5) is 0 Å². The van der Waals surface area contributed by atoms with Crippen LogP contribution in [0.15, 0.2) is 17.0 Å². The fourth-order valence-corrected chi connectivity index (χ4v) is 2.82. The summed E-state index contributed by atoms with van der Waals surface area (Å²) in [5.41, 5.74) is 2.37. The SMILES string of the molecule is Cc1cc(C)c(S(=O)(=O)[N-]Cl)c(C)c1.[Na+]. The summed E-state index contributed by atoms with van der Waals surface area (Å²) in [5.74, 6) is 0. The number of rotatable bonds is 2. The molecule has 6 heteroatoms. The van der Waals surface area contributed by atoms with Gasteiger partial charge >= 0.3 is 29.6 Å². The normalized spacial score (nSPS) is 10.9. The van der Waals surface area contributed by atoms with Crippen molar-refractivity contribution in [1.29, 1.82) is 0 Å². The summed E-state index contributed by atoms with van der Waals surface area (Å²) >= 11 is 5.05. The van der Waals surface area contributed by atoms with Crippen LogP contribution in [0.1, 0.15) is 16.7 Å². The maximum atomic E-state index is 11.5. The van der Waals surface area contributed by atoms with Crippen LogP contribution in [-0.2, 0) is 10.0 Å². The van der Waals surface area contributed by atoms with Crippen molar-refractivity contribution in [3.63, 3.8) is 0 Å². The molecule has 1 aromatic rings. The number of aryl methyl sites for hydroxylation is 3. The zero-order valence-corrected chi connectivity index (χ0v) is 12.8. The zero-order valence-electron chi connectivity index (χ0n) is 9.20. The van der Waals surface area contributed by atoms with Gasteiger partial charge in [-0.25, -0.2) is 8.42 Å². The topological polar surface area (TPSA) is 48.2 Å². The molecule has 0 radical (unpaired) electrons. The van der Waals surface area contributed by atoms with Gasteiger partial charge in [0.1, 0.15) is 10.0 Å². The van der Waals surface area contributed by atoms with Crippen molar-refractivity contribution in [3.8, 4) is 0 Å². The summed E-state index contributed by atoms with van der Waals surface area (Å²) in [6.07, 6.45) is 0. The van der Waals surface area contributed by atoms with Gasteiger partial charge in [0, 0.05) is 0 Å². The second-order valence-corrected chi connectivity index (χ2v) is 5.18. The maximum absolute atomic E-state index is 11.5. The Labute approximate surface area is 118 Å². The molecule has 0 atom stereocenters. The van der Waals surface area contributed by atoms with Gasteiger partial charge in [0.25, 0.3) is 0 Å². The molecule has 78 valence electrons. The van der Waals surface area contributed by atoms with E-state index < -0.39 is 10.0 Å². The summed E-state index contributed by atoms with van der Waals surface area (Å²) in [6.45, 7) is 5.37. The van der Waals surface area contributed by atoms with Gasteiger partial charge in [-0.15, -0.1) is 0 Å². The van der Waals surface area contributed by atoms with E-state index in [0.29, 0.717) is 11.1 Å². The molecule has 0 heterocycles. The molecule has 1 aromatic carbocycles. The van der Waals surface area contributed by atoms with Gasteiger partial charge in [0.2, 0.25) is 0 Å². The Morgan fingerprint density at radius 1 is 1.13 bits per heavy atom. The average Bonchev–Trinajstić information content (AvgIpc) is 2.01. The molecule has 0 amide bonds. The van der Waals surface area contributed by atoms with Gasteiger partial charge in [0.15, 0.2) is 0 Å². The van der Waals surface area contributed by atoms with Crippen molar-refractivity contribution in [2.24, 2.45) is 0 Å². The van der Waals surface area contributed by atoms with Crippen molar-refractivity contribution in [2.45, 2.75) is 25.7 Å². The van der Waals surface area contributed by atoms with E-state index in [0.717, 1.165) is 5.56 Å². The first-order valence-corrected chi connectivity index (χ1v) is 5.82. The average molecular weight is 256 g/mol. The minimum absolute atomic E-state index is 0. The van der Waals surface area contributed by atoms with Crippen molar-refractivity contribution in [3.05, 3.63) is 33.1 Å².